The molecule has 19 heavy (non-hydrogen) atoms. The highest BCUT2D eigenvalue weighted by molar-refractivity contribution is 8.13. The Labute approximate surface area is 119 Å². The molecule has 0 bridgehead atoms. The van der Waals surface area contributed by atoms with Crippen molar-refractivity contribution in [2.24, 2.45) is 10.9 Å². The number of amidine groups is 1. The van der Waals surface area contributed by atoms with Crippen LogP contribution in [0, 0.1) is 5.92 Å². The van der Waals surface area contributed by atoms with E-state index in [1.54, 1.807) is 0 Å². The second-order valence-corrected chi connectivity index (χ2v) is 7.03. The van der Waals surface area contributed by atoms with Gasteiger partial charge in [-0.2, -0.15) is 0 Å². The number of rotatable bonds is 1. The van der Waals surface area contributed by atoms with E-state index >= 15 is 0 Å². The highest BCUT2D eigenvalue weighted by atomic mass is 32.2. The largest absolute Gasteiger partial charge is 0.362 e. The van der Waals surface area contributed by atoms with E-state index in [1.807, 2.05) is 11.8 Å². The van der Waals surface area contributed by atoms with Gasteiger partial charge in [0.1, 0.15) is 0 Å². The molecule has 0 aromatic heterocycles. The van der Waals surface area contributed by atoms with Crippen molar-refractivity contribution < 1.29 is 0 Å². The molecule has 2 aliphatic carbocycles. The van der Waals surface area contributed by atoms with Gasteiger partial charge in [-0.05, 0) is 42.7 Å². The summed E-state index contributed by atoms with van der Waals surface area (Å²) in [6, 6.07) is 10.0. The highest BCUT2D eigenvalue weighted by Gasteiger charge is 2.32. The SMILES string of the molecule is c1ccc2c(c1)CC(NC1=NC3CCCC3CS1)C2. The van der Waals surface area contributed by atoms with Crippen molar-refractivity contribution in [3.05, 3.63) is 35.4 Å². The first kappa shape index (κ1) is 11.8. The van der Waals surface area contributed by atoms with Crippen LogP contribution >= 0.6 is 11.8 Å². The second-order valence-electron chi connectivity index (χ2n) is 6.02. The maximum Gasteiger partial charge on any atom is 0.157 e. The monoisotopic (exact) mass is 272 g/mol. The van der Waals surface area contributed by atoms with E-state index < -0.39 is 0 Å². The molecule has 0 saturated heterocycles. The van der Waals surface area contributed by atoms with Gasteiger partial charge in [0.2, 0.25) is 0 Å². The maximum atomic E-state index is 4.94. The molecule has 1 fully saturated rings. The van der Waals surface area contributed by atoms with Crippen molar-refractivity contribution in [2.75, 3.05) is 5.75 Å². The zero-order valence-corrected chi connectivity index (χ0v) is 12.0. The lowest BCUT2D eigenvalue weighted by molar-refractivity contribution is 0.529. The Hall–Kier alpha value is -0.960. The average molecular weight is 272 g/mol. The van der Waals surface area contributed by atoms with E-state index in [2.05, 4.69) is 29.6 Å². The van der Waals surface area contributed by atoms with Crippen molar-refractivity contribution in [3.63, 3.8) is 0 Å². The molecule has 3 aliphatic rings. The molecule has 0 radical (unpaired) electrons. The van der Waals surface area contributed by atoms with Crippen molar-refractivity contribution in [1.29, 1.82) is 0 Å². The summed E-state index contributed by atoms with van der Waals surface area (Å²) in [5.74, 6) is 2.13. The molecule has 1 aliphatic heterocycles. The number of nitrogens with one attached hydrogen (secondary N) is 1. The lowest BCUT2D eigenvalue weighted by Gasteiger charge is -2.25. The third-order valence-corrected chi connectivity index (χ3v) is 5.81. The van der Waals surface area contributed by atoms with Gasteiger partial charge in [0, 0.05) is 11.8 Å². The molecular formula is C16H20N2S. The zero-order chi connectivity index (χ0) is 12.7. The van der Waals surface area contributed by atoms with Gasteiger partial charge in [0.25, 0.3) is 0 Å². The molecule has 100 valence electrons. The minimum absolute atomic E-state index is 0.557. The van der Waals surface area contributed by atoms with Crippen molar-refractivity contribution in [1.82, 2.24) is 5.32 Å². The number of fused-ring (bicyclic) bond motifs is 2. The summed E-state index contributed by atoms with van der Waals surface area (Å²) in [7, 11) is 0. The Balaban J connectivity index is 1.43. The van der Waals surface area contributed by atoms with Gasteiger partial charge in [-0.15, -0.1) is 0 Å². The minimum Gasteiger partial charge on any atom is -0.362 e. The van der Waals surface area contributed by atoms with Crippen LogP contribution in [0.4, 0.5) is 0 Å². The van der Waals surface area contributed by atoms with Gasteiger partial charge in [0.05, 0.1) is 6.04 Å². The Morgan fingerprint density at radius 1 is 1.11 bits per heavy atom. The van der Waals surface area contributed by atoms with Gasteiger partial charge < -0.3 is 5.32 Å². The summed E-state index contributed by atoms with van der Waals surface area (Å²) in [6.45, 7) is 0. The Kier molecular flexibility index (Phi) is 3.03. The fourth-order valence-electron chi connectivity index (χ4n) is 3.67. The van der Waals surface area contributed by atoms with E-state index in [9.17, 15) is 0 Å². The third-order valence-electron chi connectivity index (χ3n) is 4.71. The van der Waals surface area contributed by atoms with Crippen LogP contribution in [0.15, 0.2) is 29.3 Å². The van der Waals surface area contributed by atoms with Crippen molar-refractivity contribution in [2.45, 2.75) is 44.2 Å². The molecule has 4 rings (SSSR count). The molecule has 3 heteroatoms. The molecule has 1 heterocycles. The number of nitrogens with zero attached hydrogens (tertiary/aromatic N) is 1. The van der Waals surface area contributed by atoms with Crippen molar-refractivity contribution in [3.8, 4) is 0 Å². The summed E-state index contributed by atoms with van der Waals surface area (Å²) in [4.78, 5) is 4.94. The fraction of sp³-hybridized carbons (Fsp3) is 0.562. The van der Waals surface area contributed by atoms with Crippen LogP contribution < -0.4 is 5.32 Å². The van der Waals surface area contributed by atoms with Gasteiger partial charge in [-0.25, -0.2) is 0 Å². The maximum absolute atomic E-state index is 4.94. The number of thioether (sulfide) groups is 1. The first-order chi connectivity index (χ1) is 9.38. The summed E-state index contributed by atoms with van der Waals surface area (Å²) in [5, 5.41) is 4.90. The number of aliphatic imine (C=N–C) groups is 1. The molecule has 1 aromatic carbocycles. The van der Waals surface area contributed by atoms with Crippen LogP contribution in [0.25, 0.3) is 0 Å². The Morgan fingerprint density at radius 2 is 1.89 bits per heavy atom. The molecule has 1 aromatic rings. The summed E-state index contributed by atoms with van der Waals surface area (Å²) >= 11 is 1.94. The van der Waals surface area contributed by atoms with Gasteiger partial charge in [-0.3, -0.25) is 4.99 Å². The molecule has 1 saturated carbocycles. The Bertz CT molecular complexity index is 486. The summed E-state index contributed by atoms with van der Waals surface area (Å²) < 4.78 is 0. The molecular weight excluding hydrogens is 252 g/mol. The highest BCUT2D eigenvalue weighted by Crippen LogP contribution is 2.35. The van der Waals surface area contributed by atoms with Crippen molar-refractivity contribution >= 4 is 16.9 Å². The number of hydrogen-bond donors (Lipinski definition) is 1. The quantitative estimate of drug-likeness (QED) is 0.850. The van der Waals surface area contributed by atoms with Gasteiger partial charge >= 0.3 is 0 Å². The predicted molar refractivity (Wildman–Crippen MR) is 81.8 cm³/mol. The first-order valence-corrected chi connectivity index (χ1v) is 8.41. The number of benzene rings is 1. The number of hydrogen-bond acceptors (Lipinski definition) is 3. The van der Waals surface area contributed by atoms with Crippen LogP contribution in [-0.2, 0) is 12.8 Å². The standard InChI is InChI=1S/C16H20N2S/c1-2-5-12-9-14(8-11(12)4-1)17-16-18-15-7-3-6-13(15)10-19-16/h1-2,4-5,13-15H,3,6-10H2,(H,17,18). The average Bonchev–Trinajstić information content (AvgIpc) is 3.03. The van der Waals surface area contributed by atoms with E-state index in [4.69, 9.17) is 4.99 Å². The van der Waals surface area contributed by atoms with Crippen LogP contribution in [0.1, 0.15) is 30.4 Å². The molecule has 1 N–H and O–H groups in total. The first-order valence-electron chi connectivity index (χ1n) is 7.42. The molecule has 2 unspecified atom stereocenters. The van der Waals surface area contributed by atoms with Gasteiger partial charge in [-0.1, -0.05) is 42.4 Å². The zero-order valence-electron chi connectivity index (χ0n) is 11.1. The topological polar surface area (TPSA) is 24.4 Å². The van der Waals surface area contributed by atoms with E-state index in [0.29, 0.717) is 12.1 Å². The predicted octanol–water partition coefficient (Wildman–Crippen LogP) is 3.01. The molecule has 0 amide bonds. The van der Waals surface area contributed by atoms with Gasteiger partial charge in [0.15, 0.2) is 5.17 Å². The van der Waals surface area contributed by atoms with Crippen LogP contribution in [0.3, 0.4) is 0 Å². The summed E-state index contributed by atoms with van der Waals surface area (Å²) in [6.07, 6.45) is 6.39. The van der Waals surface area contributed by atoms with E-state index in [1.165, 1.54) is 41.3 Å². The lowest BCUT2D eigenvalue weighted by Crippen LogP contribution is -2.37. The fourth-order valence-corrected chi connectivity index (χ4v) is 4.89. The Morgan fingerprint density at radius 3 is 2.68 bits per heavy atom. The lowest BCUT2D eigenvalue weighted by atomic mass is 10.1. The van der Waals surface area contributed by atoms with E-state index in [0.717, 1.165) is 18.8 Å². The smallest absolute Gasteiger partial charge is 0.157 e. The molecule has 0 spiro atoms. The third kappa shape index (κ3) is 2.29. The van der Waals surface area contributed by atoms with E-state index in [-0.39, 0.29) is 0 Å². The minimum atomic E-state index is 0.557. The van der Waals surface area contributed by atoms with Crippen LogP contribution in [-0.4, -0.2) is 23.0 Å². The molecule has 2 atom stereocenters. The molecule has 2 nitrogen and oxygen atoms in total. The van der Waals surface area contributed by atoms with Crippen LogP contribution in [0.5, 0.6) is 0 Å². The summed E-state index contributed by atoms with van der Waals surface area (Å²) in [5.41, 5.74) is 3.03. The van der Waals surface area contributed by atoms with Crippen LogP contribution in [0.2, 0.25) is 0 Å². The normalized spacial score (nSPS) is 29.8. The second kappa shape index (κ2) is 4.86.